The number of aliphatic hydroxyl groups is 1. The minimum Gasteiger partial charge on any atom is -0.462 e. The summed E-state index contributed by atoms with van der Waals surface area (Å²) in [4.78, 5) is 72.3. The number of hydrogen-bond acceptors (Lipinski definition) is 15. The maximum absolute atomic E-state index is 13.0. The van der Waals surface area contributed by atoms with Crippen LogP contribution in [-0.2, 0) is 65.4 Å². The normalized spacial score (nSPS) is 14.4. The molecule has 0 amide bonds. The first-order chi connectivity index (χ1) is 43.6. The van der Waals surface area contributed by atoms with Crippen LogP contribution >= 0.6 is 15.6 Å². The fourth-order valence-electron chi connectivity index (χ4n) is 10.8. The Morgan fingerprint density at radius 3 is 0.789 bits per heavy atom. The van der Waals surface area contributed by atoms with E-state index in [1.807, 2.05) is 0 Å². The van der Waals surface area contributed by atoms with E-state index in [9.17, 15) is 43.2 Å². The first kappa shape index (κ1) is 88.1. The molecule has 17 nitrogen and oxygen atoms in total. The lowest BCUT2D eigenvalue weighted by Gasteiger charge is -2.21. The SMILES string of the molecule is CCCCCCCCCCCCCC(=O)OC[C@H](COP(=O)(O)OC[C@@H](O)COP(=O)(O)OC[C@@H](COC(=O)CCCCCCCCC)OC(=O)CCCCCCCCCCCC)OC(=O)CCCCCCCCCCCCCCCCCCCCC(C)CC. The Balaban J connectivity index is 5.11. The van der Waals surface area contributed by atoms with Crippen LogP contribution in [-0.4, -0.2) is 96.7 Å². The number of carbonyl (C=O) groups is 4. The molecule has 0 spiro atoms. The molecule has 0 aliphatic carbocycles. The zero-order valence-electron chi connectivity index (χ0n) is 58.3. The van der Waals surface area contributed by atoms with Crippen molar-refractivity contribution in [3.63, 3.8) is 0 Å². The maximum atomic E-state index is 13.0. The molecule has 534 valence electrons. The molecule has 0 aromatic rings. The van der Waals surface area contributed by atoms with E-state index < -0.39 is 97.5 Å². The predicted molar refractivity (Wildman–Crippen MR) is 363 cm³/mol. The molecule has 0 aromatic carbocycles. The summed E-state index contributed by atoms with van der Waals surface area (Å²) in [5, 5.41) is 10.6. The largest absolute Gasteiger partial charge is 0.472 e. The van der Waals surface area contributed by atoms with Gasteiger partial charge in [-0.1, -0.05) is 317 Å². The third-order valence-electron chi connectivity index (χ3n) is 16.9. The molecule has 19 heteroatoms. The van der Waals surface area contributed by atoms with Crippen molar-refractivity contribution < 1.29 is 80.2 Å². The summed E-state index contributed by atoms with van der Waals surface area (Å²) < 4.78 is 68.1. The van der Waals surface area contributed by atoms with Crippen molar-refractivity contribution >= 4 is 39.5 Å². The van der Waals surface area contributed by atoms with Gasteiger partial charge in [-0.15, -0.1) is 0 Å². The number of carbonyl (C=O) groups excluding carboxylic acids is 4. The van der Waals surface area contributed by atoms with Gasteiger partial charge >= 0.3 is 39.5 Å². The summed E-state index contributed by atoms with van der Waals surface area (Å²) in [7, 11) is -9.89. The summed E-state index contributed by atoms with van der Waals surface area (Å²) in [6.07, 6.45) is 51.5. The van der Waals surface area contributed by atoms with E-state index in [-0.39, 0.29) is 25.7 Å². The van der Waals surface area contributed by atoms with Crippen molar-refractivity contribution in [3.05, 3.63) is 0 Å². The molecule has 6 atom stereocenters. The quantitative estimate of drug-likeness (QED) is 0.0222. The third-order valence-corrected chi connectivity index (χ3v) is 18.8. The van der Waals surface area contributed by atoms with Crippen molar-refractivity contribution in [2.75, 3.05) is 39.6 Å². The van der Waals surface area contributed by atoms with Gasteiger partial charge in [0, 0.05) is 25.7 Å². The molecular weight excluding hydrogens is 1190 g/mol. The molecule has 0 radical (unpaired) electrons. The van der Waals surface area contributed by atoms with Crippen LogP contribution in [0.2, 0.25) is 0 Å². The number of aliphatic hydroxyl groups excluding tert-OH is 1. The van der Waals surface area contributed by atoms with Crippen LogP contribution in [0, 0.1) is 5.92 Å². The molecule has 0 bridgehead atoms. The second-order valence-electron chi connectivity index (χ2n) is 25.9. The second kappa shape index (κ2) is 64.4. The number of hydrogen-bond donors (Lipinski definition) is 3. The number of phosphoric ester groups is 2. The van der Waals surface area contributed by atoms with Gasteiger partial charge in [0.25, 0.3) is 0 Å². The molecule has 0 aromatic heterocycles. The number of ether oxygens (including phenoxy) is 4. The van der Waals surface area contributed by atoms with Crippen LogP contribution < -0.4 is 0 Å². The fraction of sp³-hybridized carbons (Fsp3) is 0.944. The lowest BCUT2D eigenvalue weighted by Crippen LogP contribution is -2.30. The van der Waals surface area contributed by atoms with E-state index in [1.165, 1.54) is 180 Å². The Morgan fingerprint density at radius 2 is 0.533 bits per heavy atom. The topological polar surface area (TPSA) is 237 Å². The summed E-state index contributed by atoms with van der Waals surface area (Å²) >= 11 is 0. The van der Waals surface area contributed by atoms with E-state index in [0.717, 1.165) is 109 Å². The fourth-order valence-corrected chi connectivity index (χ4v) is 12.4. The van der Waals surface area contributed by atoms with Crippen molar-refractivity contribution in [2.24, 2.45) is 5.92 Å². The van der Waals surface area contributed by atoms with Crippen LogP contribution in [0.15, 0.2) is 0 Å². The van der Waals surface area contributed by atoms with Crippen LogP contribution in [0.4, 0.5) is 0 Å². The van der Waals surface area contributed by atoms with Crippen LogP contribution in [0.1, 0.15) is 369 Å². The molecule has 3 N–H and O–H groups in total. The number of unbranched alkanes of at least 4 members (excludes halogenated alkanes) is 42. The van der Waals surface area contributed by atoms with Gasteiger partial charge in [0.1, 0.15) is 19.3 Å². The molecule has 0 fully saturated rings. The highest BCUT2D eigenvalue weighted by Gasteiger charge is 2.30. The second-order valence-corrected chi connectivity index (χ2v) is 28.8. The molecule has 90 heavy (non-hydrogen) atoms. The summed E-state index contributed by atoms with van der Waals surface area (Å²) in [5.74, 6) is -1.26. The minimum absolute atomic E-state index is 0.106. The van der Waals surface area contributed by atoms with Crippen LogP contribution in [0.5, 0.6) is 0 Å². The number of rotatable bonds is 71. The minimum atomic E-state index is -4.95. The number of esters is 4. The lowest BCUT2D eigenvalue weighted by atomic mass is 9.99. The van der Waals surface area contributed by atoms with Gasteiger partial charge in [-0.05, 0) is 31.6 Å². The molecule has 0 saturated carbocycles. The molecule has 0 heterocycles. The van der Waals surface area contributed by atoms with Gasteiger partial charge in [-0.25, -0.2) is 9.13 Å². The molecule has 0 aliphatic heterocycles. The highest BCUT2D eigenvalue weighted by Crippen LogP contribution is 2.45. The van der Waals surface area contributed by atoms with Crippen molar-refractivity contribution in [1.82, 2.24) is 0 Å². The Bertz CT molecular complexity index is 1740. The van der Waals surface area contributed by atoms with E-state index in [2.05, 4.69) is 34.6 Å². The van der Waals surface area contributed by atoms with Gasteiger partial charge in [0.15, 0.2) is 12.2 Å². The summed E-state index contributed by atoms with van der Waals surface area (Å²) in [5.41, 5.74) is 0. The standard InChI is InChI=1S/C71H138O17P2/c1-6-10-13-16-19-21-31-36-40-45-50-55-69(74)82-61-67(88-71(76)57-52-47-42-37-33-30-28-26-24-23-25-27-29-32-34-39-43-48-53-64(5)9-4)63-86-90(79,80)84-59-65(72)58-83-89(77,78)85-62-66(60-81-68(73)54-49-44-38-18-15-12-8-3)87-70(75)56-51-46-41-35-22-20-17-14-11-7-2/h64-67,72H,6-63H2,1-5H3,(H,77,78)(H,79,80)/t64?,65-,66+,67+/m0/s1. The zero-order chi connectivity index (χ0) is 66.3. The van der Waals surface area contributed by atoms with E-state index in [1.54, 1.807) is 0 Å². The highest BCUT2D eigenvalue weighted by molar-refractivity contribution is 7.47. The monoisotopic (exact) mass is 1320 g/mol. The first-order valence-corrected chi connectivity index (χ1v) is 40.2. The molecule has 3 unspecified atom stereocenters. The van der Waals surface area contributed by atoms with Gasteiger partial charge in [-0.2, -0.15) is 0 Å². The van der Waals surface area contributed by atoms with Crippen molar-refractivity contribution in [1.29, 1.82) is 0 Å². The summed E-state index contributed by atoms with van der Waals surface area (Å²) in [6.45, 7) is 7.26. The van der Waals surface area contributed by atoms with Crippen molar-refractivity contribution in [3.8, 4) is 0 Å². The smallest absolute Gasteiger partial charge is 0.462 e. The lowest BCUT2D eigenvalue weighted by molar-refractivity contribution is -0.161. The molecular formula is C71H138O17P2. The molecule has 0 saturated heterocycles. The number of phosphoric acid groups is 2. The van der Waals surface area contributed by atoms with Gasteiger partial charge in [-0.3, -0.25) is 37.3 Å². The first-order valence-electron chi connectivity index (χ1n) is 37.2. The van der Waals surface area contributed by atoms with E-state index in [0.29, 0.717) is 25.7 Å². The van der Waals surface area contributed by atoms with E-state index in [4.69, 9.17) is 37.0 Å². The Labute approximate surface area is 549 Å². The molecule has 0 rings (SSSR count). The average molecular weight is 1330 g/mol. The van der Waals surface area contributed by atoms with Gasteiger partial charge in [0.2, 0.25) is 0 Å². The third kappa shape index (κ3) is 63.5. The Morgan fingerprint density at radius 1 is 0.311 bits per heavy atom. The van der Waals surface area contributed by atoms with Crippen molar-refractivity contribution in [2.45, 2.75) is 387 Å². The summed E-state index contributed by atoms with van der Waals surface area (Å²) in [6, 6.07) is 0. The Kier molecular flexibility index (Phi) is 63.0. The maximum Gasteiger partial charge on any atom is 0.472 e. The highest BCUT2D eigenvalue weighted by atomic mass is 31.2. The van der Waals surface area contributed by atoms with Gasteiger partial charge < -0.3 is 33.8 Å². The predicted octanol–water partition coefficient (Wildman–Crippen LogP) is 20.5. The van der Waals surface area contributed by atoms with E-state index >= 15 is 0 Å². The molecule has 0 aliphatic rings. The van der Waals surface area contributed by atoms with Crippen LogP contribution in [0.25, 0.3) is 0 Å². The zero-order valence-corrected chi connectivity index (χ0v) is 60.1. The van der Waals surface area contributed by atoms with Crippen LogP contribution in [0.3, 0.4) is 0 Å². The van der Waals surface area contributed by atoms with Gasteiger partial charge in [0.05, 0.1) is 26.4 Å². The Hall–Kier alpha value is -1.94. The average Bonchev–Trinajstić information content (AvgIpc) is 2.24.